The Morgan fingerprint density at radius 2 is 1.77 bits per heavy atom. The number of ether oxygens (including phenoxy) is 1. The number of nitrogens with zero attached hydrogens (tertiary/aromatic N) is 1. The Balaban J connectivity index is 1.43. The van der Waals surface area contributed by atoms with Gasteiger partial charge < -0.3 is 15.4 Å². The largest absolute Gasteiger partial charge is 0.456 e. The third-order valence-corrected chi connectivity index (χ3v) is 4.75. The predicted octanol–water partition coefficient (Wildman–Crippen LogP) is 3.82. The number of rotatable bonds is 7. The number of fused-ring (bicyclic) bond motifs is 1. The van der Waals surface area contributed by atoms with Crippen molar-refractivity contribution in [1.82, 2.24) is 15.5 Å². The molecule has 156 valence electrons. The van der Waals surface area contributed by atoms with Crippen molar-refractivity contribution in [1.29, 1.82) is 0 Å². The first-order chi connectivity index (χ1) is 14.3. The van der Waals surface area contributed by atoms with E-state index in [0.717, 1.165) is 5.52 Å². The summed E-state index contributed by atoms with van der Waals surface area (Å²) in [6.07, 6.45) is -0.121. The maximum atomic E-state index is 12.2. The molecule has 0 aliphatic rings. The first-order valence-electron chi connectivity index (χ1n) is 8.66. The van der Waals surface area contributed by atoms with E-state index in [1.54, 1.807) is 18.2 Å². The quantitative estimate of drug-likeness (QED) is 0.455. The van der Waals surface area contributed by atoms with Crippen LogP contribution < -0.4 is 10.6 Å². The normalized spacial score (nSPS) is 10.6. The summed E-state index contributed by atoms with van der Waals surface area (Å²) in [7, 11) is 0. The fourth-order valence-corrected chi connectivity index (χ4v) is 3.47. The molecule has 1 heterocycles. The highest BCUT2D eigenvalue weighted by molar-refractivity contribution is 6.42. The zero-order chi connectivity index (χ0) is 21.7. The maximum absolute atomic E-state index is 12.2. The summed E-state index contributed by atoms with van der Waals surface area (Å²) in [6.45, 7) is -0.513. The minimum atomic E-state index is -0.661. The molecule has 0 saturated heterocycles. The van der Waals surface area contributed by atoms with E-state index in [1.165, 1.54) is 12.1 Å². The van der Waals surface area contributed by atoms with Gasteiger partial charge in [-0.15, -0.1) is 0 Å². The number of hydrogen-bond donors (Lipinski definition) is 3. The van der Waals surface area contributed by atoms with Crippen molar-refractivity contribution in [3.63, 3.8) is 0 Å². The summed E-state index contributed by atoms with van der Waals surface area (Å²) in [5, 5.41) is 13.1. The number of aromatic amines is 1. The average Bonchev–Trinajstić information content (AvgIpc) is 3.13. The van der Waals surface area contributed by atoms with Crippen LogP contribution in [0, 0.1) is 0 Å². The van der Waals surface area contributed by atoms with Crippen LogP contribution in [0.2, 0.25) is 15.1 Å². The van der Waals surface area contributed by atoms with Gasteiger partial charge in [0.05, 0.1) is 27.7 Å². The molecule has 0 fully saturated rings. The van der Waals surface area contributed by atoms with Gasteiger partial charge in [-0.2, -0.15) is 5.10 Å². The van der Waals surface area contributed by atoms with Crippen molar-refractivity contribution >= 4 is 69.2 Å². The molecule has 2 aromatic carbocycles. The number of carbonyl (C=O) groups excluding carboxylic acids is 3. The summed E-state index contributed by atoms with van der Waals surface area (Å²) in [5.74, 6) is -1.71. The molecule has 2 amide bonds. The van der Waals surface area contributed by atoms with Gasteiger partial charge in [-0.05, 0) is 18.2 Å². The van der Waals surface area contributed by atoms with Crippen molar-refractivity contribution in [2.45, 2.75) is 6.42 Å². The van der Waals surface area contributed by atoms with Gasteiger partial charge in [-0.1, -0.05) is 53.0 Å². The van der Waals surface area contributed by atoms with Crippen molar-refractivity contribution in [2.75, 3.05) is 18.5 Å². The van der Waals surface area contributed by atoms with Gasteiger partial charge in [0, 0.05) is 17.0 Å². The zero-order valence-electron chi connectivity index (χ0n) is 15.3. The standard InChI is InChI=1S/C19H15Cl3N4O4/c20-10-7-12(21)18(13(22)8-10)24-15(27)9-30-16(28)5-6-23-19(29)17-11-3-1-2-4-14(11)25-26-17/h1-4,7-8H,5-6,9H2,(H,23,29)(H,24,27)(H,25,26). The van der Waals surface area contributed by atoms with Crippen LogP contribution in [0.15, 0.2) is 36.4 Å². The van der Waals surface area contributed by atoms with E-state index in [9.17, 15) is 14.4 Å². The number of amides is 2. The number of H-pyrrole nitrogens is 1. The zero-order valence-corrected chi connectivity index (χ0v) is 17.6. The van der Waals surface area contributed by atoms with Crippen molar-refractivity contribution < 1.29 is 19.1 Å². The minimum Gasteiger partial charge on any atom is -0.456 e. The number of aromatic nitrogens is 2. The molecule has 0 saturated carbocycles. The van der Waals surface area contributed by atoms with Gasteiger partial charge in [-0.25, -0.2) is 0 Å². The lowest BCUT2D eigenvalue weighted by Gasteiger charge is -2.10. The molecule has 0 aliphatic carbocycles. The Morgan fingerprint density at radius 1 is 1.07 bits per heavy atom. The van der Waals surface area contributed by atoms with Gasteiger partial charge in [0.1, 0.15) is 0 Å². The molecule has 0 radical (unpaired) electrons. The molecule has 0 unspecified atom stereocenters. The Kier molecular flexibility index (Phi) is 7.15. The molecular formula is C19H15Cl3N4O4. The second kappa shape index (κ2) is 9.80. The lowest BCUT2D eigenvalue weighted by atomic mass is 10.2. The second-order valence-electron chi connectivity index (χ2n) is 6.08. The highest BCUT2D eigenvalue weighted by Gasteiger charge is 2.15. The molecule has 0 spiro atoms. The topological polar surface area (TPSA) is 113 Å². The van der Waals surface area contributed by atoms with Crippen LogP contribution in [0.4, 0.5) is 5.69 Å². The van der Waals surface area contributed by atoms with Crippen molar-refractivity contribution in [3.05, 3.63) is 57.2 Å². The van der Waals surface area contributed by atoms with Crippen molar-refractivity contribution in [2.24, 2.45) is 0 Å². The van der Waals surface area contributed by atoms with Crippen LogP contribution in [0.3, 0.4) is 0 Å². The monoisotopic (exact) mass is 468 g/mol. The van der Waals surface area contributed by atoms with Crippen LogP contribution in [0.5, 0.6) is 0 Å². The number of carbonyl (C=O) groups is 3. The molecule has 11 heteroatoms. The molecule has 0 bridgehead atoms. The van der Waals surface area contributed by atoms with E-state index in [0.29, 0.717) is 10.4 Å². The first kappa shape index (κ1) is 21.9. The number of benzene rings is 2. The Labute approximate surface area is 185 Å². The Bertz CT molecular complexity index is 1090. The van der Waals surface area contributed by atoms with Crippen LogP contribution in [0.25, 0.3) is 10.9 Å². The number of hydrogen-bond acceptors (Lipinski definition) is 5. The molecule has 3 rings (SSSR count). The molecule has 0 aliphatic heterocycles. The number of halogens is 3. The lowest BCUT2D eigenvalue weighted by molar-refractivity contribution is -0.147. The highest BCUT2D eigenvalue weighted by atomic mass is 35.5. The molecule has 30 heavy (non-hydrogen) atoms. The third-order valence-electron chi connectivity index (χ3n) is 3.94. The summed E-state index contributed by atoms with van der Waals surface area (Å²) in [5.41, 5.74) is 1.13. The van der Waals surface area contributed by atoms with E-state index in [1.807, 2.05) is 6.07 Å². The van der Waals surface area contributed by atoms with Crippen LogP contribution in [-0.2, 0) is 14.3 Å². The minimum absolute atomic E-state index is 0.0231. The number of esters is 1. The second-order valence-corrected chi connectivity index (χ2v) is 7.33. The highest BCUT2D eigenvalue weighted by Crippen LogP contribution is 2.33. The summed E-state index contributed by atoms with van der Waals surface area (Å²) < 4.78 is 4.89. The van der Waals surface area contributed by atoms with E-state index in [4.69, 9.17) is 39.5 Å². The van der Waals surface area contributed by atoms with E-state index in [-0.39, 0.29) is 34.4 Å². The lowest BCUT2D eigenvalue weighted by Crippen LogP contribution is -2.28. The van der Waals surface area contributed by atoms with Gasteiger partial charge in [0.15, 0.2) is 12.3 Å². The SMILES string of the molecule is O=C(COC(=O)CCNC(=O)c1n[nH]c2ccccc12)Nc1c(Cl)cc(Cl)cc1Cl. The van der Waals surface area contributed by atoms with E-state index in [2.05, 4.69) is 20.8 Å². The van der Waals surface area contributed by atoms with Gasteiger partial charge in [0.25, 0.3) is 11.8 Å². The number of anilines is 1. The molecular weight excluding hydrogens is 455 g/mol. The van der Waals surface area contributed by atoms with Crippen LogP contribution in [-0.4, -0.2) is 41.1 Å². The molecule has 0 atom stereocenters. The van der Waals surface area contributed by atoms with Gasteiger partial charge >= 0.3 is 5.97 Å². The molecule has 8 nitrogen and oxygen atoms in total. The molecule has 3 N–H and O–H groups in total. The van der Waals surface area contributed by atoms with Crippen molar-refractivity contribution in [3.8, 4) is 0 Å². The number of nitrogens with one attached hydrogen (secondary N) is 3. The fourth-order valence-electron chi connectivity index (χ4n) is 2.55. The first-order valence-corrected chi connectivity index (χ1v) is 9.80. The Morgan fingerprint density at radius 3 is 2.50 bits per heavy atom. The van der Waals surface area contributed by atoms with E-state index < -0.39 is 24.4 Å². The van der Waals surface area contributed by atoms with E-state index >= 15 is 0 Å². The van der Waals surface area contributed by atoms with Gasteiger partial charge in [0.2, 0.25) is 0 Å². The molecule has 3 aromatic rings. The predicted molar refractivity (Wildman–Crippen MR) is 114 cm³/mol. The third kappa shape index (κ3) is 5.41. The van der Waals surface area contributed by atoms with Crippen LogP contribution in [0.1, 0.15) is 16.9 Å². The smallest absolute Gasteiger partial charge is 0.308 e. The average molecular weight is 470 g/mol. The fraction of sp³-hybridized carbons (Fsp3) is 0.158. The molecule has 1 aromatic heterocycles. The summed E-state index contributed by atoms with van der Waals surface area (Å²) in [6, 6.07) is 10.0. The van der Waals surface area contributed by atoms with Crippen LogP contribution >= 0.6 is 34.8 Å². The number of para-hydroxylation sites is 1. The summed E-state index contributed by atoms with van der Waals surface area (Å²) >= 11 is 17.8. The Hall–Kier alpha value is -2.81. The van der Waals surface area contributed by atoms with Gasteiger partial charge in [-0.3, -0.25) is 19.5 Å². The maximum Gasteiger partial charge on any atom is 0.308 e. The summed E-state index contributed by atoms with van der Waals surface area (Å²) in [4.78, 5) is 36.0.